The van der Waals surface area contributed by atoms with Gasteiger partial charge in [0.1, 0.15) is 0 Å². The Labute approximate surface area is 189 Å². The Morgan fingerprint density at radius 2 is 1.35 bits per heavy atom. The third-order valence-electron chi connectivity index (χ3n) is 5.53. The van der Waals surface area contributed by atoms with E-state index in [1.807, 2.05) is 12.1 Å². The quantitative estimate of drug-likeness (QED) is 0.153. The average Bonchev–Trinajstić information content (AvgIpc) is 2.80. The first-order valence-corrected chi connectivity index (χ1v) is 12.3. The molecule has 1 aromatic rings. The van der Waals surface area contributed by atoms with Crippen molar-refractivity contribution in [2.24, 2.45) is 0 Å². The molecule has 0 saturated carbocycles. The molecule has 1 rings (SSSR count). The Kier molecular flexibility index (Phi) is 16.2. The fraction of sp³-hybridized carbons (Fsp3) is 0.630. The summed E-state index contributed by atoms with van der Waals surface area (Å²) in [6, 6.07) is 7.12. The number of methoxy groups -OCH3 is 1. The second-order valence-electron chi connectivity index (χ2n) is 8.30. The van der Waals surface area contributed by atoms with Gasteiger partial charge in [0.15, 0.2) is 0 Å². The lowest BCUT2D eigenvalue weighted by molar-refractivity contribution is -0.121. The summed E-state index contributed by atoms with van der Waals surface area (Å²) < 4.78 is 4.68. The number of esters is 1. The molecular weight excluding hydrogens is 386 g/mol. The smallest absolute Gasteiger partial charge is 0.337 e. The first-order chi connectivity index (χ1) is 15.2. The van der Waals surface area contributed by atoms with Crippen molar-refractivity contribution >= 4 is 11.9 Å². The van der Waals surface area contributed by atoms with Crippen LogP contribution in [-0.4, -0.2) is 19.0 Å². The van der Waals surface area contributed by atoms with Gasteiger partial charge in [0.25, 0.3) is 0 Å². The summed E-state index contributed by atoms with van der Waals surface area (Å²) in [4.78, 5) is 23.4. The van der Waals surface area contributed by atoms with Gasteiger partial charge in [0.2, 0.25) is 5.91 Å². The fourth-order valence-electron chi connectivity index (χ4n) is 3.52. The first-order valence-electron chi connectivity index (χ1n) is 12.3. The van der Waals surface area contributed by atoms with Crippen molar-refractivity contribution in [1.29, 1.82) is 0 Å². The van der Waals surface area contributed by atoms with Gasteiger partial charge in [-0.3, -0.25) is 4.79 Å². The summed E-state index contributed by atoms with van der Waals surface area (Å²) >= 11 is 0. The van der Waals surface area contributed by atoms with Crippen molar-refractivity contribution < 1.29 is 14.3 Å². The van der Waals surface area contributed by atoms with E-state index in [9.17, 15) is 9.59 Å². The number of carbonyl (C=O) groups excluding carboxylic acids is 2. The maximum Gasteiger partial charge on any atom is 0.337 e. The third kappa shape index (κ3) is 14.5. The monoisotopic (exact) mass is 429 g/mol. The van der Waals surface area contributed by atoms with Crippen LogP contribution in [0.3, 0.4) is 0 Å². The highest BCUT2D eigenvalue weighted by Crippen LogP contribution is 2.10. The molecule has 0 aliphatic rings. The van der Waals surface area contributed by atoms with Gasteiger partial charge in [0, 0.05) is 13.0 Å². The lowest BCUT2D eigenvalue weighted by Crippen LogP contribution is -2.22. The summed E-state index contributed by atoms with van der Waals surface area (Å²) in [7, 11) is 1.37. The molecule has 0 unspecified atom stereocenters. The molecule has 0 aliphatic heterocycles. The number of carbonyl (C=O) groups is 2. The summed E-state index contributed by atoms with van der Waals surface area (Å²) in [6.45, 7) is 2.75. The van der Waals surface area contributed by atoms with Gasteiger partial charge in [-0.25, -0.2) is 4.79 Å². The van der Waals surface area contributed by atoms with Gasteiger partial charge >= 0.3 is 5.97 Å². The van der Waals surface area contributed by atoms with E-state index in [4.69, 9.17) is 0 Å². The number of benzene rings is 1. The standard InChI is InChI=1S/C27H43NO3/c1-3-4-5-6-7-8-9-10-11-12-13-14-15-16-17-18-26(29)28-23-24-19-21-25(22-20-24)27(30)31-2/h10-11,19-22H,3-9,12-18,23H2,1-2H3,(H,28,29)/b11-10-. The summed E-state index contributed by atoms with van der Waals surface area (Å²) in [5, 5.41) is 2.95. The molecule has 0 fully saturated rings. The van der Waals surface area contributed by atoms with Crippen molar-refractivity contribution in [3.05, 3.63) is 47.5 Å². The van der Waals surface area contributed by atoms with Crippen LogP contribution >= 0.6 is 0 Å². The molecule has 0 aliphatic carbocycles. The van der Waals surface area contributed by atoms with Crippen molar-refractivity contribution in [1.82, 2.24) is 5.32 Å². The van der Waals surface area contributed by atoms with Crippen LogP contribution in [0.15, 0.2) is 36.4 Å². The van der Waals surface area contributed by atoms with E-state index in [0.717, 1.165) is 18.4 Å². The van der Waals surface area contributed by atoms with Crippen LogP contribution in [0, 0.1) is 0 Å². The van der Waals surface area contributed by atoms with Crippen molar-refractivity contribution in [3.63, 3.8) is 0 Å². The largest absolute Gasteiger partial charge is 0.465 e. The van der Waals surface area contributed by atoms with Crippen LogP contribution in [-0.2, 0) is 16.1 Å². The molecule has 4 heteroatoms. The van der Waals surface area contributed by atoms with E-state index in [2.05, 4.69) is 29.1 Å². The normalized spacial score (nSPS) is 11.0. The Balaban J connectivity index is 1.93. The second-order valence-corrected chi connectivity index (χ2v) is 8.30. The highest BCUT2D eigenvalue weighted by atomic mass is 16.5. The molecule has 0 heterocycles. The minimum atomic E-state index is -0.347. The first kappa shape index (κ1) is 26.9. The Bertz CT molecular complexity index is 622. The zero-order valence-corrected chi connectivity index (χ0v) is 19.8. The molecule has 0 spiro atoms. The van der Waals surface area contributed by atoms with Crippen LogP contribution in [0.2, 0.25) is 0 Å². The Hall–Kier alpha value is -2.10. The summed E-state index contributed by atoms with van der Waals surface area (Å²) in [5.74, 6) is -0.255. The van der Waals surface area contributed by atoms with Crippen LogP contribution < -0.4 is 5.32 Å². The van der Waals surface area contributed by atoms with Crippen LogP contribution in [0.25, 0.3) is 0 Å². The topological polar surface area (TPSA) is 55.4 Å². The molecule has 0 bridgehead atoms. The lowest BCUT2D eigenvalue weighted by Gasteiger charge is -2.06. The van der Waals surface area contributed by atoms with Gasteiger partial charge in [-0.05, 0) is 49.8 Å². The molecule has 1 amide bonds. The van der Waals surface area contributed by atoms with E-state index >= 15 is 0 Å². The maximum atomic E-state index is 12.0. The second kappa shape index (κ2) is 18.7. The van der Waals surface area contributed by atoms with E-state index in [1.54, 1.807) is 12.1 Å². The van der Waals surface area contributed by atoms with Crippen molar-refractivity contribution in [3.8, 4) is 0 Å². The van der Waals surface area contributed by atoms with Crippen molar-refractivity contribution in [2.45, 2.75) is 103 Å². The van der Waals surface area contributed by atoms with E-state index in [1.165, 1.54) is 77.7 Å². The number of hydrogen-bond acceptors (Lipinski definition) is 3. The number of hydrogen-bond donors (Lipinski definition) is 1. The number of ether oxygens (including phenoxy) is 1. The molecule has 0 radical (unpaired) electrons. The number of nitrogens with one attached hydrogen (secondary N) is 1. The van der Waals surface area contributed by atoms with Crippen LogP contribution in [0.4, 0.5) is 0 Å². The van der Waals surface area contributed by atoms with Gasteiger partial charge in [-0.2, -0.15) is 0 Å². The Morgan fingerprint density at radius 3 is 1.94 bits per heavy atom. The minimum Gasteiger partial charge on any atom is -0.465 e. The third-order valence-corrected chi connectivity index (χ3v) is 5.53. The molecule has 0 atom stereocenters. The molecule has 174 valence electrons. The zero-order valence-electron chi connectivity index (χ0n) is 19.8. The van der Waals surface area contributed by atoms with Gasteiger partial charge < -0.3 is 10.1 Å². The lowest BCUT2D eigenvalue weighted by atomic mass is 10.1. The number of rotatable bonds is 18. The summed E-state index contributed by atoms with van der Waals surface area (Å²) in [5.41, 5.74) is 1.50. The van der Waals surface area contributed by atoms with E-state index in [-0.39, 0.29) is 11.9 Å². The van der Waals surface area contributed by atoms with E-state index in [0.29, 0.717) is 18.5 Å². The number of amides is 1. The molecule has 1 N–H and O–H groups in total. The zero-order chi connectivity index (χ0) is 22.6. The Morgan fingerprint density at radius 1 is 0.806 bits per heavy atom. The SMILES string of the molecule is CCCCCCCC/C=C\CCCCCCCC(=O)NCc1ccc(C(=O)OC)cc1. The highest BCUT2D eigenvalue weighted by Gasteiger charge is 2.05. The molecule has 0 aromatic heterocycles. The van der Waals surface area contributed by atoms with Gasteiger partial charge in [-0.1, -0.05) is 82.6 Å². The van der Waals surface area contributed by atoms with Gasteiger partial charge in [0.05, 0.1) is 12.7 Å². The number of allylic oxidation sites excluding steroid dienone is 2. The van der Waals surface area contributed by atoms with Crippen LogP contribution in [0.1, 0.15) is 113 Å². The summed E-state index contributed by atoms with van der Waals surface area (Å²) in [6.07, 6.45) is 21.7. The van der Waals surface area contributed by atoms with Gasteiger partial charge in [-0.15, -0.1) is 0 Å². The molecular formula is C27H43NO3. The highest BCUT2D eigenvalue weighted by molar-refractivity contribution is 5.89. The van der Waals surface area contributed by atoms with Crippen molar-refractivity contribution in [2.75, 3.05) is 7.11 Å². The molecule has 31 heavy (non-hydrogen) atoms. The molecule has 0 saturated heterocycles. The molecule has 4 nitrogen and oxygen atoms in total. The average molecular weight is 430 g/mol. The minimum absolute atomic E-state index is 0.0923. The fourth-order valence-corrected chi connectivity index (χ4v) is 3.52. The predicted molar refractivity (Wildman–Crippen MR) is 129 cm³/mol. The van der Waals surface area contributed by atoms with Crippen LogP contribution in [0.5, 0.6) is 0 Å². The molecule has 1 aromatic carbocycles. The number of unbranched alkanes of at least 4 members (excludes halogenated alkanes) is 11. The predicted octanol–water partition coefficient (Wildman–Crippen LogP) is 7.13. The maximum absolute atomic E-state index is 12.0. The van der Waals surface area contributed by atoms with E-state index < -0.39 is 0 Å².